The highest BCUT2D eigenvalue weighted by Gasteiger charge is 2.13. The van der Waals surface area contributed by atoms with Crippen LogP contribution in [0.3, 0.4) is 0 Å². The van der Waals surface area contributed by atoms with Gasteiger partial charge in [0.15, 0.2) is 0 Å². The summed E-state index contributed by atoms with van der Waals surface area (Å²) in [5.74, 6) is 0. The predicted molar refractivity (Wildman–Crippen MR) is 87.8 cm³/mol. The minimum atomic E-state index is 0.554. The summed E-state index contributed by atoms with van der Waals surface area (Å²) in [7, 11) is 0. The summed E-state index contributed by atoms with van der Waals surface area (Å²) in [6, 6.07) is 12.6. The monoisotopic (exact) mass is 279 g/mol. The zero-order chi connectivity index (χ0) is 15.0. The standard InChI is InChI=1S/C18H21N3/c1-4-15-12(2)20-21(13(15)3)18-10-9-14(11-19)16-7-5-6-8-17(16)18/h5-10H,4,11,19H2,1-3H3. The third kappa shape index (κ3) is 2.14. The first-order valence-electron chi connectivity index (χ1n) is 7.43. The van der Waals surface area contributed by atoms with E-state index in [0.29, 0.717) is 6.54 Å². The third-order valence-corrected chi connectivity index (χ3v) is 4.23. The van der Waals surface area contributed by atoms with Crippen molar-refractivity contribution in [1.29, 1.82) is 0 Å². The lowest BCUT2D eigenvalue weighted by molar-refractivity contribution is 0.838. The van der Waals surface area contributed by atoms with Crippen LogP contribution in [0.5, 0.6) is 0 Å². The molecule has 0 atom stereocenters. The van der Waals surface area contributed by atoms with Gasteiger partial charge in [0, 0.05) is 17.6 Å². The lowest BCUT2D eigenvalue weighted by atomic mass is 10.0. The van der Waals surface area contributed by atoms with E-state index in [1.54, 1.807) is 0 Å². The lowest BCUT2D eigenvalue weighted by Gasteiger charge is -2.12. The average molecular weight is 279 g/mol. The van der Waals surface area contributed by atoms with E-state index >= 15 is 0 Å². The first-order chi connectivity index (χ1) is 10.2. The van der Waals surface area contributed by atoms with Crippen LogP contribution in [-0.4, -0.2) is 9.78 Å². The maximum atomic E-state index is 5.86. The Morgan fingerprint density at radius 3 is 2.38 bits per heavy atom. The molecule has 0 fully saturated rings. The van der Waals surface area contributed by atoms with Crippen LogP contribution >= 0.6 is 0 Å². The maximum absolute atomic E-state index is 5.86. The molecule has 108 valence electrons. The Labute approximate surface area is 125 Å². The van der Waals surface area contributed by atoms with Gasteiger partial charge in [-0.1, -0.05) is 37.3 Å². The van der Waals surface area contributed by atoms with Gasteiger partial charge in [0.1, 0.15) is 0 Å². The second-order valence-electron chi connectivity index (χ2n) is 5.41. The molecular formula is C18H21N3. The summed E-state index contributed by atoms with van der Waals surface area (Å²) in [5, 5.41) is 7.16. The normalized spacial score (nSPS) is 11.2. The van der Waals surface area contributed by atoms with Crippen LogP contribution in [0.2, 0.25) is 0 Å². The van der Waals surface area contributed by atoms with Crippen molar-refractivity contribution in [2.45, 2.75) is 33.7 Å². The summed E-state index contributed by atoms with van der Waals surface area (Å²) in [6.45, 7) is 6.96. The third-order valence-electron chi connectivity index (χ3n) is 4.23. The van der Waals surface area contributed by atoms with E-state index in [-0.39, 0.29) is 0 Å². The second-order valence-corrected chi connectivity index (χ2v) is 5.41. The van der Waals surface area contributed by atoms with Crippen molar-refractivity contribution in [3.05, 3.63) is 58.9 Å². The fraction of sp³-hybridized carbons (Fsp3) is 0.278. The fourth-order valence-corrected chi connectivity index (χ4v) is 3.13. The van der Waals surface area contributed by atoms with Gasteiger partial charge in [-0.2, -0.15) is 5.10 Å². The molecule has 0 unspecified atom stereocenters. The van der Waals surface area contributed by atoms with E-state index in [1.807, 2.05) is 0 Å². The van der Waals surface area contributed by atoms with Crippen LogP contribution in [0, 0.1) is 13.8 Å². The van der Waals surface area contributed by atoms with Crippen molar-refractivity contribution >= 4 is 10.8 Å². The summed E-state index contributed by atoms with van der Waals surface area (Å²) in [5.41, 5.74) is 11.8. The molecule has 0 spiro atoms. The summed E-state index contributed by atoms with van der Waals surface area (Å²) in [6.07, 6.45) is 1.01. The molecular weight excluding hydrogens is 258 g/mol. The number of hydrogen-bond acceptors (Lipinski definition) is 2. The first kappa shape index (κ1) is 13.8. The molecule has 0 bridgehead atoms. The highest BCUT2D eigenvalue weighted by Crippen LogP contribution is 2.27. The van der Waals surface area contributed by atoms with Crippen LogP contribution in [-0.2, 0) is 13.0 Å². The smallest absolute Gasteiger partial charge is 0.0727 e. The molecule has 21 heavy (non-hydrogen) atoms. The Morgan fingerprint density at radius 1 is 1.05 bits per heavy atom. The van der Waals surface area contributed by atoms with Crippen molar-refractivity contribution in [3.63, 3.8) is 0 Å². The van der Waals surface area contributed by atoms with E-state index in [0.717, 1.165) is 17.8 Å². The first-order valence-corrected chi connectivity index (χ1v) is 7.43. The van der Waals surface area contributed by atoms with Gasteiger partial charge in [-0.15, -0.1) is 0 Å². The number of aromatic nitrogens is 2. The van der Waals surface area contributed by atoms with Crippen LogP contribution in [0.25, 0.3) is 16.5 Å². The quantitative estimate of drug-likeness (QED) is 0.795. The van der Waals surface area contributed by atoms with Crippen LogP contribution in [0.1, 0.15) is 29.4 Å². The molecule has 3 aromatic rings. The van der Waals surface area contributed by atoms with Crippen molar-refractivity contribution in [1.82, 2.24) is 9.78 Å². The number of nitrogens with two attached hydrogens (primary N) is 1. The molecule has 1 heterocycles. The van der Waals surface area contributed by atoms with Gasteiger partial charge in [-0.3, -0.25) is 0 Å². The summed E-state index contributed by atoms with van der Waals surface area (Å²) in [4.78, 5) is 0. The molecule has 2 N–H and O–H groups in total. The molecule has 1 aromatic heterocycles. The largest absolute Gasteiger partial charge is 0.326 e. The minimum Gasteiger partial charge on any atom is -0.326 e. The number of fused-ring (bicyclic) bond motifs is 1. The number of aryl methyl sites for hydroxylation is 1. The maximum Gasteiger partial charge on any atom is 0.0727 e. The molecule has 2 aromatic carbocycles. The number of benzene rings is 2. The molecule has 3 heteroatoms. The molecule has 0 aliphatic rings. The Hall–Kier alpha value is -2.13. The van der Waals surface area contributed by atoms with Gasteiger partial charge in [-0.25, -0.2) is 4.68 Å². The summed E-state index contributed by atoms with van der Waals surface area (Å²) >= 11 is 0. The molecule has 0 radical (unpaired) electrons. The van der Waals surface area contributed by atoms with Crippen molar-refractivity contribution in [3.8, 4) is 5.69 Å². The topological polar surface area (TPSA) is 43.8 Å². The van der Waals surface area contributed by atoms with E-state index in [9.17, 15) is 0 Å². The SMILES string of the molecule is CCc1c(C)nn(-c2ccc(CN)c3ccccc23)c1C. The van der Waals surface area contributed by atoms with Crippen molar-refractivity contribution < 1.29 is 0 Å². The molecule has 0 aliphatic heterocycles. The Kier molecular flexibility index (Phi) is 3.52. The average Bonchev–Trinajstić information content (AvgIpc) is 2.80. The van der Waals surface area contributed by atoms with E-state index in [1.165, 1.54) is 27.6 Å². The van der Waals surface area contributed by atoms with Crippen LogP contribution in [0.15, 0.2) is 36.4 Å². The zero-order valence-corrected chi connectivity index (χ0v) is 12.9. The van der Waals surface area contributed by atoms with Crippen molar-refractivity contribution in [2.75, 3.05) is 0 Å². The highest BCUT2D eigenvalue weighted by atomic mass is 15.3. The number of nitrogens with zero attached hydrogens (tertiary/aromatic N) is 2. The molecule has 3 nitrogen and oxygen atoms in total. The fourth-order valence-electron chi connectivity index (χ4n) is 3.13. The summed E-state index contributed by atoms with van der Waals surface area (Å²) < 4.78 is 2.07. The van der Waals surface area contributed by atoms with Crippen LogP contribution in [0.4, 0.5) is 0 Å². The second kappa shape index (κ2) is 5.34. The predicted octanol–water partition coefficient (Wildman–Crippen LogP) is 3.66. The number of rotatable bonds is 3. The van der Waals surface area contributed by atoms with Gasteiger partial charge in [0.05, 0.1) is 11.4 Å². The van der Waals surface area contributed by atoms with E-state index in [4.69, 9.17) is 10.8 Å². The minimum absolute atomic E-state index is 0.554. The molecule has 0 amide bonds. The molecule has 0 aliphatic carbocycles. The van der Waals surface area contributed by atoms with Gasteiger partial charge in [0.25, 0.3) is 0 Å². The van der Waals surface area contributed by atoms with Gasteiger partial charge < -0.3 is 5.73 Å². The van der Waals surface area contributed by atoms with Gasteiger partial charge in [0.2, 0.25) is 0 Å². The van der Waals surface area contributed by atoms with Gasteiger partial charge >= 0.3 is 0 Å². The Morgan fingerprint density at radius 2 is 1.76 bits per heavy atom. The highest BCUT2D eigenvalue weighted by molar-refractivity contribution is 5.92. The zero-order valence-electron chi connectivity index (χ0n) is 12.9. The van der Waals surface area contributed by atoms with Gasteiger partial charge in [-0.05, 0) is 42.8 Å². The van der Waals surface area contributed by atoms with Crippen molar-refractivity contribution in [2.24, 2.45) is 5.73 Å². The number of hydrogen-bond donors (Lipinski definition) is 1. The lowest BCUT2D eigenvalue weighted by Crippen LogP contribution is -2.03. The van der Waals surface area contributed by atoms with Crippen LogP contribution < -0.4 is 5.73 Å². The molecule has 3 rings (SSSR count). The van der Waals surface area contributed by atoms with E-state index < -0.39 is 0 Å². The Bertz CT molecular complexity index is 800. The Balaban J connectivity index is 2.31. The van der Waals surface area contributed by atoms with E-state index in [2.05, 4.69) is 61.9 Å². The molecule has 0 saturated carbocycles. The molecule has 0 saturated heterocycles.